The number of benzene rings is 1. The number of carbonyl (C=O) groups excluding carboxylic acids is 1. The number of nitrogen functional groups attached to an aromatic ring is 1. The highest BCUT2D eigenvalue weighted by Crippen LogP contribution is 2.22. The third-order valence-corrected chi connectivity index (χ3v) is 3.34. The molecule has 0 aliphatic heterocycles. The van der Waals surface area contributed by atoms with E-state index in [1.54, 1.807) is 19.2 Å². The summed E-state index contributed by atoms with van der Waals surface area (Å²) in [4.78, 5) is 12.4. The number of hydrogen-bond donors (Lipinski definition) is 2. The molecular formula is C15H17N5O. The molecule has 1 heterocycles. The second kappa shape index (κ2) is 5.67. The normalized spacial score (nSPS) is 10.2. The standard InChI is InChI=1S/C15H17N5O/c1-4-11-13(17)14(20(3)19-11)15(21)18-12-7-5-6-9(2)10(12)8-16/h5-7H,4,17H2,1-3H3,(H,18,21). The van der Waals surface area contributed by atoms with Gasteiger partial charge in [0.05, 0.1) is 22.6 Å². The first-order valence-electron chi connectivity index (χ1n) is 6.62. The van der Waals surface area contributed by atoms with Gasteiger partial charge in [-0.05, 0) is 25.0 Å². The number of hydrogen-bond acceptors (Lipinski definition) is 4. The number of rotatable bonds is 3. The third-order valence-electron chi connectivity index (χ3n) is 3.34. The quantitative estimate of drug-likeness (QED) is 0.900. The molecule has 2 aromatic rings. The number of nitrogens with two attached hydrogens (primary N) is 1. The van der Waals surface area contributed by atoms with Crippen LogP contribution in [0.3, 0.4) is 0 Å². The van der Waals surface area contributed by atoms with E-state index in [0.717, 1.165) is 5.56 Å². The number of nitriles is 1. The lowest BCUT2D eigenvalue weighted by atomic mass is 10.1. The molecule has 0 aliphatic carbocycles. The molecular weight excluding hydrogens is 266 g/mol. The second-order valence-corrected chi connectivity index (χ2v) is 4.75. The van der Waals surface area contributed by atoms with Gasteiger partial charge < -0.3 is 11.1 Å². The van der Waals surface area contributed by atoms with Crippen molar-refractivity contribution >= 4 is 17.3 Å². The van der Waals surface area contributed by atoms with Gasteiger partial charge in [0.2, 0.25) is 0 Å². The van der Waals surface area contributed by atoms with Gasteiger partial charge in [-0.1, -0.05) is 19.1 Å². The lowest BCUT2D eigenvalue weighted by Crippen LogP contribution is -2.18. The van der Waals surface area contributed by atoms with Gasteiger partial charge in [-0.3, -0.25) is 9.48 Å². The van der Waals surface area contributed by atoms with Gasteiger partial charge in [-0.15, -0.1) is 0 Å². The van der Waals surface area contributed by atoms with Crippen LogP contribution in [0.5, 0.6) is 0 Å². The number of nitrogens with one attached hydrogen (secondary N) is 1. The number of nitrogens with zero attached hydrogens (tertiary/aromatic N) is 3. The summed E-state index contributed by atoms with van der Waals surface area (Å²) in [7, 11) is 1.67. The molecule has 0 saturated heterocycles. The molecule has 0 fully saturated rings. The molecule has 3 N–H and O–H groups in total. The van der Waals surface area contributed by atoms with Gasteiger partial charge in [-0.2, -0.15) is 10.4 Å². The van der Waals surface area contributed by atoms with Gasteiger partial charge in [-0.25, -0.2) is 0 Å². The number of anilines is 2. The Labute approximate surface area is 123 Å². The topological polar surface area (TPSA) is 96.7 Å². The van der Waals surface area contributed by atoms with Crippen molar-refractivity contribution in [1.29, 1.82) is 5.26 Å². The van der Waals surface area contributed by atoms with Gasteiger partial charge >= 0.3 is 0 Å². The van der Waals surface area contributed by atoms with Crippen LogP contribution in [0.4, 0.5) is 11.4 Å². The van der Waals surface area contributed by atoms with Crippen molar-refractivity contribution < 1.29 is 4.79 Å². The highest BCUT2D eigenvalue weighted by Gasteiger charge is 2.20. The number of aromatic nitrogens is 2. The van der Waals surface area contributed by atoms with Gasteiger partial charge in [0.25, 0.3) is 5.91 Å². The summed E-state index contributed by atoms with van der Waals surface area (Å²) in [5.74, 6) is -0.371. The largest absolute Gasteiger partial charge is 0.395 e. The van der Waals surface area contributed by atoms with E-state index in [1.165, 1.54) is 4.68 Å². The minimum absolute atomic E-state index is 0.303. The maximum atomic E-state index is 12.4. The van der Waals surface area contributed by atoms with E-state index in [9.17, 15) is 10.1 Å². The average Bonchev–Trinajstić information content (AvgIpc) is 2.73. The first kappa shape index (κ1) is 14.6. The maximum absolute atomic E-state index is 12.4. The highest BCUT2D eigenvalue weighted by atomic mass is 16.2. The monoisotopic (exact) mass is 283 g/mol. The molecule has 1 aromatic heterocycles. The van der Waals surface area contributed by atoms with E-state index in [4.69, 9.17) is 5.73 Å². The predicted molar refractivity (Wildman–Crippen MR) is 80.8 cm³/mol. The molecule has 2 rings (SSSR count). The lowest BCUT2D eigenvalue weighted by molar-refractivity contribution is 0.101. The van der Waals surface area contributed by atoms with Crippen LogP contribution in [0, 0.1) is 18.3 Å². The first-order chi connectivity index (χ1) is 9.99. The molecule has 1 aromatic carbocycles. The molecule has 108 valence electrons. The summed E-state index contributed by atoms with van der Waals surface area (Å²) < 4.78 is 1.46. The van der Waals surface area contributed by atoms with E-state index in [0.29, 0.717) is 34.7 Å². The minimum atomic E-state index is -0.371. The van der Waals surface area contributed by atoms with Crippen molar-refractivity contribution in [3.8, 4) is 6.07 Å². The Morgan fingerprint density at radius 3 is 2.81 bits per heavy atom. The van der Waals surface area contributed by atoms with E-state index < -0.39 is 0 Å². The zero-order chi connectivity index (χ0) is 15.6. The first-order valence-corrected chi connectivity index (χ1v) is 6.62. The fourth-order valence-electron chi connectivity index (χ4n) is 2.23. The van der Waals surface area contributed by atoms with Crippen molar-refractivity contribution in [1.82, 2.24) is 9.78 Å². The SMILES string of the molecule is CCc1nn(C)c(C(=O)Nc2cccc(C)c2C#N)c1N. The smallest absolute Gasteiger partial charge is 0.276 e. The molecule has 0 aliphatic rings. The van der Waals surface area contributed by atoms with E-state index in [2.05, 4.69) is 16.5 Å². The number of aryl methyl sites for hydroxylation is 3. The summed E-state index contributed by atoms with van der Waals surface area (Å²) >= 11 is 0. The Hall–Kier alpha value is -2.81. The van der Waals surface area contributed by atoms with Crippen molar-refractivity contribution in [3.63, 3.8) is 0 Å². The molecule has 1 amide bonds. The van der Waals surface area contributed by atoms with Crippen molar-refractivity contribution in [2.75, 3.05) is 11.1 Å². The Bertz CT molecular complexity index is 739. The lowest BCUT2D eigenvalue weighted by Gasteiger charge is -2.09. The van der Waals surface area contributed by atoms with Crippen LogP contribution in [-0.4, -0.2) is 15.7 Å². The van der Waals surface area contributed by atoms with E-state index in [1.807, 2.05) is 19.9 Å². The Morgan fingerprint density at radius 1 is 1.52 bits per heavy atom. The summed E-state index contributed by atoms with van der Waals surface area (Å²) in [5.41, 5.74) is 9.06. The van der Waals surface area contributed by atoms with Crippen LogP contribution in [0.2, 0.25) is 0 Å². The fourth-order valence-corrected chi connectivity index (χ4v) is 2.23. The van der Waals surface area contributed by atoms with Gasteiger partial charge in [0.1, 0.15) is 11.8 Å². The van der Waals surface area contributed by atoms with Crippen LogP contribution in [0.25, 0.3) is 0 Å². The molecule has 0 atom stereocenters. The molecule has 6 nitrogen and oxygen atoms in total. The molecule has 0 bridgehead atoms. The van der Waals surface area contributed by atoms with Crippen LogP contribution < -0.4 is 11.1 Å². The van der Waals surface area contributed by atoms with Crippen molar-refractivity contribution in [2.24, 2.45) is 7.05 Å². The Balaban J connectivity index is 2.38. The van der Waals surface area contributed by atoms with Crippen LogP contribution in [0.15, 0.2) is 18.2 Å². The van der Waals surface area contributed by atoms with Crippen LogP contribution >= 0.6 is 0 Å². The second-order valence-electron chi connectivity index (χ2n) is 4.75. The molecule has 21 heavy (non-hydrogen) atoms. The molecule has 0 spiro atoms. The van der Waals surface area contributed by atoms with E-state index in [-0.39, 0.29) is 5.91 Å². The van der Waals surface area contributed by atoms with Crippen LogP contribution in [-0.2, 0) is 13.5 Å². The van der Waals surface area contributed by atoms with Crippen molar-refractivity contribution in [3.05, 3.63) is 40.7 Å². The average molecular weight is 283 g/mol. The summed E-state index contributed by atoms with van der Waals surface area (Å²) in [6.07, 6.45) is 0.654. The summed E-state index contributed by atoms with van der Waals surface area (Å²) in [6.45, 7) is 3.75. The summed E-state index contributed by atoms with van der Waals surface area (Å²) in [5, 5.41) is 16.1. The predicted octanol–water partition coefficient (Wildman–Crippen LogP) is 2.00. The Morgan fingerprint density at radius 2 is 2.24 bits per heavy atom. The number of amides is 1. The van der Waals surface area contributed by atoms with Crippen molar-refractivity contribution in [2.45, 2.75) is 20.3 Å². The minimum Gasteiger partial charge on any atom is -0.395 e. The molecule has 0 radical (unpaired) electrons. The summed E-state index contributed by atoms with van der Waals surface area (Å²) in [6, 6.07) is 7.40. The van der Waals surface area contributed by atoms with Gasteiger partial charge in [0, 0.05) is 7.05 Å². The number of carbonyl (C=O) groups is 1. The third kappa shape index (κ3) is 2.58. The molecule has 6 heteroatoms. The molecule has 0 unspecified atom stereocenters. The van der Waals surface area contributed by atoms with E-state index >= 15 is 0 Å². The highest BCUT2D eigenvalue weighted by molar-refractivity contribution is 6.07. The molecule has 0 saturated carbocycles. The zero-order valence-corrected chi connectivity index (χ0v) is 12.3. The Kier molecular flexibility index (Phi) is 3.94. The van der Waals surface area contributed by atoms with Crippen LogP contribution in [0.1, 0.15) is 34.2 Å². The maximum Gasteiger partial charge on any atom is 0.276 e. The fraction of sp³-hybridized carbons (Fsp3) is 0.267. The zero-order valence-electron chi connectivity index (χ0n) is 12.3. The van der Waals surface area contributed by atoms with Gasteiger partial charge in [0.15, 0.2) is 0 Å².